The van der Waals surface area contributed by atoms with Crippen molar-refractivity contribution in [1.82, 2.24) is 10.2 Å². The van der Waals surface area contributed by atoms with Crippen LogP contribution in [0.25, 0.3) is 0 Å². The summed E-state index contributed by atoms with van der Waals surface area (Å²) in [5.74, 6) is -2.37. The number of rotatable bonds is 4. The molecular weight excluding hydrogens is 366 g/mol. The predicted octanol–water partition coefficient (Wildman–Crippen LogP) is -0.423. The molecule has 3 heterocycles. The Hall–Kier alpha value is -3.21. The van der Waals surface area contributed by atoms with Gasteiger partial charge in [-0.1, -0.05) is 0 Å². The largest absolute Gasteiger partial charge is 0.459 e. The van der Waals surface area contributed by atoms with E-state index in [4.69, 9.17) is 9.15 Å². The molecule has 1 aromatic rings. The smallest absolute Gasteiger partial charge is 0.340 e. The molecule has 0 bridgehead atoms. The number of furan rings is 1. The molecule has 1 N–H and O–H groups in total. The average molecular weight is 379 g/mol. The maximum atomic E-state index is 12.0. The summed E-state index contributed by atoms with van der Waals surface area (Å²) < 4.78 is 36.1. The van der Waals surface area contributed by atoms with Gasteiger partial charge in [-0.15, -0.1) is 4.40 Å². The Bertz CT molecular complexity index is 942. The van der Waals surface area contributed by atoms with Gasteiger partial charge < -0.3 is 14.1 Å². The van der Waals surface area contributed by atoms with Gasteiger partial charge in [-0.3, -0.25) is 14.9 Å². The number of amidine groups is 1. The number of sulfonamides is 1. The number of hydrogen-bond acceptors (Lipinski definition) is 8. The monoisotopic (exact) mass is 379 g/mol. The lowest BCUT2D eigenvalue weighted by molar-refractivity contribution is -0.144. The summed E-state index contributed by atoms with van der Waals surface area (Å²) in [6.45, 7) is -0.508. The van der Waals surface area contributed by atoms with Crippen molar-refractivity contribution in [3.63, 3.8) is 0 Å². The van der Waals surface area contributed by atoms with Crippen LogP contribution in [0.3, 0.4) is 0 Å². The Balaban J connectivity index is 1.54. The van der Waals surface area contributed by atoms with E-state index >= 15 is 0 Å². The van der Waals surface area contributed by atoms with Gasteiger partial charge in [0, 0.05) is 12.7 Å². The molecule has 10 nitrogen and oxygen atoms in total. The van der Waals surface area contributed by atoms with Crippen LogP contribution in [0, 0.1) is 0 Å². The van der Waals surface area contributed by atoms with Gasteiger partial charge in [0.1, 0.15) is 5.84 Å². The minimum atomic E-state index is -3.49. The quantitative estimate of drug-likeness (QED) is 0.697. The Morgan fingerprint density at radius 2 is 2.12 bits per heavy atom. The van der Waals surface area contributed by atoms with Crippen molar-refractivity contribution in [2.45, 2.75) is 0 Å². The molecule has 2 amide bonds. The lowest BCUT2D eigenvalue weighted by Gasteiger charge is -2.26. The maximum Gasteiger partial charge on any atom is 0.340 e. The number of carbonyl (C=O) groups excluding carboxylic acids is 3. The third-order valence-corrected chi connectivity index (χ3v) is 4.56. The number of ether oxygens (including phenoxy) is 1. The van der Waals surface area contributed by atoms with Gasteiger partial charge in [-0.25, -0.2) is 13.2 Å². The molecule has 2 aliphatic rings. The molecule has 0 fully saturated rings. The summed E-state index contributed by atoms with van der Waals surface area (Å²) in [6.07, 6.45) is 5.38. The molecule has 11 heteroatoms. The first kappa shape index (κ1) is 17.6. The SMILES string of the molecule is O=C(COC(=O)C1=CN2CCS(=O)(=O)N=C2C=C1)NC(=O)c1ccco1. The summed E-state index contributed by atoms with van der Waals surface area (Å²) in [5, 5.41) is 2.01. The van der Waals surface area contributed by atoms with E-state index in [-0.39, 0.29) is 29.5 Å². The van der Waals surface area contributed by atoms with Crippen molar-refractivity contribution in [3.8, 4) is 0 Å². The van der Waals surface area contributed by atoms with E-state index in [0.29, 0.717) is 0 Å². The van der Waals surface area contributed by atoms with E-state index in [2.05, 4.69) is 4.40 Å². The molecule has 0 radical (unpaired) electrons. The minimum absolute atomic E-state index is 0.0468. The molecule has 1 aromatic heterocycles. The normalized spacial score (nSPS) is 17.6. The van der Waals surface area contributed by atoms with Crippen LogP contribution in [0.4, 0.5) is 0 Å². The van der Waals surface area contributed by atoms with E-state index in [1.54, 1.807) is 0 Å². The van der Waals surface area contributed by atoms with Crippen LogP contribution in [-0.4, -0.2) is 55.8 Å². The first-order chi connectivity index (χ1) is 12.3. The molecule has 3 rings (SSSR count). The zero-order valence-corrected chi connectivity index (χ0v) is 14.1. The average Bonchev–Trinajstić information content (AvgIpc) is 3.13. The number of hydrogen-bond donors (Lipinski definition) is 1. The van der Waals surface area contributed by atoms with E-state index in [9.17, 15) is 22.8 Å². The van der Waals surface area contributed by atoms with Crippen LogP contribution in [0.1, 0.15) is 10.6 Å². The van der Waals surface area contributed by atoms with Gasteiger partial charge in [0.25, 0.3) is 21.8 Å². The van der Waals surface area contributed by atoms with Crippen LogP contribution in [0.5, 0.6) is 0 Å². The highest BCUT2D eigenvalue weighted by molar-refractivity contribution is 7.90. The van der Waals surface area contributed by atoms with Crippen molar-refractivity contribution in [1.29, 1.82) is 0 Å². The van der Waals surface area contributed by atoms with Crippen molar-refractivity contribution in [2.75, 3.05) is 18.9 Å². The molecule has 0 saturated heterocycles. The summed E-state index contributed by atoms with van der Waals surface area (Å²) in [4.78, 5) is 36.8. The van der Waals surface area contributed by atoms with Gasteiger partial charge >= 0.3 is 5.97 Å². The Morgan fingerprint density at radius 1 is 1.31 bits per heavy atom. The minimum Gasteiger partial charge on any atom is -0.459 e. The molecule has 2 aliphatic heterocycles. The van der Waals surface area contributed by atoms with Crippen LogP contribution >= 0.6 is 0 Å². The Morgan fingerprint density at radius 3 is 2.85 bits per heavy atom. The summed E-state index contributed by atoms with van der Waals surface area (Å²) >= 11 is 0. The van der Waals surface area contributed by atoms with Crippen LogP contribution < -0.4 is 5.32 Å². The van der Waals surface area contributed by atoms with Crippen molar-refractivity contribution < 1.29 is 32.0 Å². The molecule has 0 atom stereocenters. The molecule has 0 spiro atoms. The predicted molar refractivity (Wildman–Crippen MR) is 87.3 cm³/mol. The third kappa shape index (κ3) is 4.06. The van der Waals surface area contributed by atoms with E-state index in [1.165, 1.54) is 41.6 Å². The molecule has 0 aromatic carbocycles. The fourth-order valence-corrected chi connectivity index (χ4v) is 3.14. The van der Waals surface area contributed by atoms with Crippen molar-refractivity contribution >= 4 is 33.6 Å². The van der Waals surface area contributed by atoms with Gasteiger partial charge in [0.2, 0.25) is 0 Å². The van der Waals surface area contributed by atoms with E-state index in [0.717, 1.165) is 0 Å². The molecule has 0 saturated carbocycles. The number of nitrogens with one attached hydrogen (secondary N) is 1. The number of carbonyl (C=O) groups is 3. The van der Waals surface area contributed by atoms with E-state index < -0.39 is 34.4 Å². The first-order valence-electron chi connectivity index (χ1n) is 7.38. The zero-order chi connectivity index (χ0) is 18.7. The van der Waals surface area contributed by atoms with Crippen molar-refractivity contribution in [2.24, 2.45) is 4.40 Å². The number of fused-ring (bicyclic) bond motifs is 1. The van der Waals surface area contributed by atoms with Crippen LogP contribution in [0.15, 0.2) is 51.1 Å². The lowest BCUT2D eigenvalue weighted by Crippen LogP contribution is -2.37. The number of imide groups is 1. The zero-order valence-electron chi connectivity index (χ0n) is 13.2. The van der Waals surface area contributed by atoms with Crippen molar-refractivity contribution in [3.05, 3.63) is 48.1 Å². The highest BCUT2D eigenvalue weighted by atomic mass is 32.2. The molecular formula is C15H13N3O7S. The van der Waals surface area contributed by atoms with Gasteiger partial charge in [-0.05, 0) is 24.3 Å². The van der Waals surface area contributed by atoms with Crippen LogP contribution in [0.2, 0.25) is 0 Å². The Kier molecular flexibility index (Phi) is 4.71. The first-order valence-corrected chi connectivity index (χ1v) is 8.99. The summed E-state index contributed by atoms with van der Waals surface area (Å²) in [5.41, 5.74) is 0.119. The highest BCUT2D eigenvalue weighted by Gasteiger charge is 2.25. The molecule has 0 aliphatic carbocycles. The van der Waals surface area contributed by atoms with Crippen LogP contribution in [-0.2, 0) is 24.3 Å². The Labute approximate surface area is 147 Å². The standard InChI is InChI=1S/C15H13N3O7S/c19-13(16-14(20)11-2-1-6-24-11)9-25-15(21)10-3-4-12-17-26(22,23)7-5-18(12)8-10/h1-4,6,8H,5,7,9H2,(H,16,19,20). The van der Waals surface area contributed by atoms with Gasteiger partial charge in [0.05, 0.1) is 17.6 Å². The molecule has 26 heavy (non-hydrogen) atoms. The molecule has 136 valence electrons. The second-order valence-corrected chi connectivity index (χ2v) is 7.03. The highest BCUT2D eigenvalue weighted by Crippen LogP contribution is 2.16. The maximum absolute atomic E-state index is 12.0. The number of nitrogens with zero attached hydrogens (tertiary/aromatic N) is 2. The number of amides is 2. The lowest BCUT2D eigenvalue weighted by atomic mass is 10.2. The number of esters is 1. The second kappa shape index (κ2) is 6.96. The van der Waals surface area contributed by atoms with Gasteiger partial charge in [0.15, 0.2) is 12.4 Å². The second-order valence-electron chi connectivity index (χ2n) is 5.28. The summed E-state index contributed by atoms with van der Waals surface area (Å²) in [7, 11) is -3.49. The topological polar surface area (TPSA) is 135 Å². The fraction of sp³-hybridized carbons (Fsp3) is 0.200. The summed E-state index contributed by atoms with van der Waals surface area (Å²) in [6, 6.07) is 2.87. The van der Waals surface area contributed by atoms with E-state index in [1.807, 2.05) is 5.32 Å². The third-order valence-electron chi connectivity index (χ3n) is 3.39. The fourth-order valence-electron chi connectivity index (χ4n) is 2.17. The van der Waals surface area contributed by atoms with Gasteiger partial charge in [-0.2, -0.15) is 0 Å². The molecule has 0 unspecified atom stereocenters.